The molecular weight excluding hydrogens is 308 g/mol. The fourth-order valence-corrected chi connectivity index (χ4v) is 4.61. The summed E-state index contributed by atoms with van der Waals surface area (Å²) in [7, 11) is 1.91. The van der Waals surface area contributed by atoms with Gasteiger partial charge in [0.2, 0.25) is 0 Å². The van der Waals surface area contributed by atoms with Crippen molar-refractivity contribution in [3.63, 3.8) is 0 Å². The Morgan fingerprint density at radius 1 is 1.04 bits per heavy atom. The van der Waals surface area contributed by atoms with Crippen LogP contribution in [0.25, 0.3) is 0 Å². The molecule has 3 aliphatic rings. The molecule has 0 aromatic heterocycles. The van der Waals surface area contributed by atoms with E-state index in [-0.39, 0.29) is 0 Å². The second kappa shape index (κ2) is 7.51. The standard InChI is InChI=1S/C21H30N4/c1-22-21(25-15-18-6-2-3-7-19(18)16-25)23-14-17-8-10-20(11-9-17)24-12-4-5-13-24/h4-5,8-11,18-19H,2-3,6-7,12-16H2,1H3,(H,22,23). The third-order valence-electron chi connectivity index (χ3n) is 6.06. The summed E-state index contributed by atoms with van der Waals surface area (Å²) in [6.45, 7) is 5.27. The Morgan fingerprint density at radius 2 is 1.68 bits per heavy atom. The fraction of sp³-hybridized carbons (Fsp3) is 0.571. The molecule has 1 aromatic carbocycles. The van der Waals surface area contributed by atoms with Gasteiger partial charge in [0.15, 0.2) is 5.96 Å². The van der Waals surface area contributed by atoms with Crippen LogP contribution in [0.1, 0.15) is 31.2 Å². The van der Waals surface area contributed by atoms with E-state index in [9.17, 15) is 0 Å². The average molecular weight is 338 g/mol. The number of guanidine groups is 1. The second-order valence-corrected chi connectivity index (χ2v) is 7.65. The lowest BCUT2D eigenvalue weighted by molar-refractivity contribution is 0.299. The van der Waals surface area contributed by atoms with Crippen LogP contribution < -0.4 is 10.2 Å². The average Bonchev–Trinajstić information content (AvgIpc) is 3.32. The molecule has 1 aliphatic carbocycles. The van der Waals surface area contributed by atoms with E-state index in [4.69, 9.17) is 0 Å². The number of anilines is 1. The first-order valence-electron chi connectivity index (χ1n) is 9.78. The lowest BCUT2D eigenvalue weighted by atomic mass is 9.82. The van der Waals surface area contributed by atoms with Crippen LogP contribution in [0.5, 0.6) is 0 Å². The summed E-state index contributed by atoms with van der Waals surface area (Å²) in [4.78, 5) is 9.39. The molecule has 0 radical (unpaired) electrons. The van der Waals surface area contributed by atoms with Crippen LogP contribution in [-0.2, 0) is 6.54 Å². The van der Waals surface area contributed by atoms with Crippen LogP contribution in [0.2, 0.25) is 0 Å². The fourth-order valence-electron chi connectivity index (χ4n) is 4.61. The molecule has 2 fully saturated rings. The van der Waals surface area contributed by atoms with E-state index < -0.39 is 0 Å². The zero-order valence-electron chi connectivity index (χ0n) is 15.3. The Balaban J connectivity index is 1.32. The number of rotatable bonds is 3. The minimum Gasteiger partial charge on any atom is -0.364 e. The van der Waals surface area contributed by atoms with Gasteiger partial charge < -0.3 is 15.1 Å². The van der Waals surface area contributed by atoms with Gasteiger partial charge in [0, 0.05) is 45.5 Å². The van der Waals surface area contributed by atoms with Gasteiger partial charge in [-0.15, -0.1) is 0 Å². The highest BCUT2D eigenvalue weighted by Crippen LogP contribution is 2.35. The predicted octanol–water partition coefficient (Wildman–Crippen LogP) is 3.26. The topological polar surface area (TPSA) is 30.9 Å². The summed E-state index contributed by atoms with van der Waals surface area (Å²) in [6.07, 6.45) is 10.1. The molecule has 1 aromatic rings. The van der Waals surface area contributed by atoms with E-state index in [2.05, 4.69) is 56.5 Å². The highest BCUT2D eigenvalue weighted by molar-refractivity contribution is 5.80. The van der Waals surface area contributed by atoms with Gasteiger partial charge in [0.05, 0.1) is 0 Å². The Hall–Kier alpha value is -1.97. The molecule has 0 bridgehead atoms. The molecule has 0 spiro atoms. The van der Waals surface area contributed by atoms with Gasteiger partial charge in [-0.25, -0.2) is 0 Å². The van der Waals surface area contributed by atoms with Crippen molar-refractivity contribution in [3.8, 4) is 0 Å². The number of aliphatic imine (C=N–C) groups is 1. The monoisotopic (exact) mass is 338 g/mol. The number of nitrogens with zero attached hydrogens (tertiary/aromatic N) is 3. The molecule has 4 rings (SSSR count). The number of hydrogen-bond acceptors (Lipinski definition) is 2. The quantitative estimate of drug-likeness (QED) is 0.521. The number of likely N-dealkylation sites (tertiary alicyclic amines) is 1. The van der Waals surface area contributed by atoms with Crippen LogP contribution in [0.3, 0.4) is 0 Å². The van der Waals surface area contributed by atoms with Crippen molar-refractivity contribution in [1.82, 2.24) is 10.2 Å². The Kier molecular flexibility index (Phi) is 4.95. The van der Waals surface area contributed by atoms with Crippen molar-refractivity contribution >= 4 is 11.6 Å². The highest BCUT2D eigenvalue weighted by atomic mass is 15.3. The highest BCUT2D eigenvalue weighted by Gasteiger charge is 2.35. The Morgan fingerprint density at radius 3 is 2.28 bits per heavy atom. The molecule has 4 heteroatoms. The van der Waals surface area contributed by atoms with Gasteiger partial charge in [-0.3, -0.25) is 4.99 Å². The van der Waals surface area contributed by atoms with Crippen molar-refractivity contribution < 1.29 is 0 Å². The second-order valence-electron chi connectivity index (χ2n) is 7.65. The van der Waals surface area contributed by atoms with Crippen LogP contribution in [0.15, 0.2) is 41.4 Å². The molecule has 2 heterocycles. The Labute approximate surface area is 151 Å². The van der Waals surface area contributed by atoms with Gasteiger partial charge in [0.25, 0.3) is 0 Å². The molecule has 2 unspecified atom stereocenters. The van der Waals surface area contributed by atoms with Gasteiger partial charge in [0.1, 0.15) is 0 Å². The minimum absolute atomic E-state index is 0.844. The molecule has 1 N–H and O–H groups in total. The SMILES string of the molecule is CN=C(NCc1ccc(N2CC=CC2)cc1)N1CC2CCCCC2C1. The smallest absolute Gasteiger partial charge is 0.193 e. The summed E-state index contributed by atoms with van der Waals surface area (Å²) in [5.41, 5.74) is 2.62. The van der Waals surface area contributed by atoms with Crippen molar-refractivity contribution in [2.24, 2.45) is 16.8 Å². The van der Waals surface area contributed by atoms with Gasteiger partial charge >= 0.3 is 0 Å². The summed E-state index contributed by atoms with van der Waals surface area (Å²) in [5.74, 6) is 2.85. The van der Waals surface area contributed by atoms with Crippen LogP contribution in [-0.4, -0.2) is 44.1 Å². The predicted molar refractivity (Wildman–Crippen MR) is 105 cm³/mol. The maximum atomic E-state index is 4.54. The maximum Gasteiger partial charge on any atom is 0.193 e. The number of benzene rings is 1. The summed E-state index contributed by atoms with van der Waals surface area (Å²) >= 11 is 0. The number of hydrogen-bond donors (Lipinski definition) is 1. The molecule has 1 saturated heterocycles. The van der Waals surface area contributed by atoms with E-state index in [1.54, 1.807) is 0 Å². The Bertz CT molecular complexity index is 612. The van der Waals surface area contributed by atoms with E-state index in [0.29, 0.717) is 0 Å². The van der Waals surface area contributed by atoms with Crippen LogP contribution in [0, 0.1) is 11.8 Å². The summed E-state index contributed by atoms with van der Waals surface area (Å²) < 4.78 is 0. The minimum atomic E-state index is 0.844. The first kappa shape index (κ1) is 16.5. The third kappa shape index (κ3) is 3.68. The van der Waals surface area contributed by atoms with Gasteiger partial charge in [-0.2, -0.15) is 0 Å². The number of fused-ring (bicyclic) bond motifs is 1. The lowest BCUT2D eigenvalue weighted by Gasteiger charge is -2.22. The molecule has 134 valence electrons. The summed E-state index contributed by atoms with van der Waals surface area (Å²) in [5, 5.41) is 3.58. The van der Waals surface area contributed by atoms with Crippen molar-refractivity contribution in [2.75, 3.05) is 38.1 Å². The molecule has 2 aliphatic heterocycles. The van der Waals surface area contributed by atoms with Crippen molar-refractivity contribution in [3.05, 3.63) is 42.0 Å². The molecule has 25 heavy (non-hydrogen) atoms. The lowest BCUT2D eigenvalue weighted by Crippen LogP contribution is -2.39. The van der Waals surface area contributed by atoms with Crippen molar-refractivity contribution in [2.45, 2.75) is 32.2 Å². The third-order valence-corrected chi connectivity index (χ3v) is 6.06. The normalized spacial score (nSPS) is 26.2. The molecule has 1 saturated carbocycles. The van der Waals surface area contributed by atoms with E-state index in [0.717, 1.165) is 37.4 Å². The van der Waals surface area contributed by atoms with Crippen LogP contribution >= 0.6 is 0 Å². The van der Waals surface area contributed by atoms with E-state index in [1.807, 2.05) is 7.05 Å². The molecule has 4 nitrogen and oxygen atoms in total. The zero-order chi connectivity index (χ0) is 17.1. The largest absolute Gasteiger partial charge is 0.364 e. The van der Waals surface area contributed by atoms with Crippen molar-refractivity contribution in [1.29, 1.82) is 0 Å². The first-order valence-corrected chi connectivity index (χ1v) is 9.78. The van der Waals surface area contributed by atoms with Crippen LogP contribution in [0.4, 0.5) is 5.69 Å². The molecule has 2 atom stereocenters. The number of nitrogens with one attached hydrogen (secondary N) is 1. The zero-order valence-corrected chi connectivity index (χ0v) is 15.3. The van der Waals surface area contributed by atoms with E-state index in [1.165, 1.54) is 50.0 Å². The summed E-state index contributed by atoms with van der Waals surface area (Å²) in [6, 6.07) is 8.93. The maximum absolute atomic E-state index is 4.54. The molecular formula is C21H30N4. The van der Waals surface area contributed by atoms with E-state index >= 15 is 0 Å². The first-order chi connectivity index (χ1) is 12.3. The van der Waals surface area contributed by atoms with Gasteiger partial charge in [-0.1, -0.05) is 37.1 Å². The molecule has 0 amide bonds. The van der Waals surface area contributed by atoms with Gasteiger partial charge in [-0.05, 0) is 42.4 Å².